The Balaban J connectivity index is 1.86. The van der Waals surface area contributed by atoms with Crippen LogP contribution >= 0.6 is 0 Å². The van der Waals surface area contributed by atoms with Gasteiger partial charge in [-0.1, -0.05) is 29.8 Å². The molecule has 5 nitrogen and oxygen atoms in total. The van der Waals surface area contributed by atoms with Gasteiger partial charge in [0.1, 0.15) is 5.82 Å². The van der Waals surface area contributed by atoms with Crippen LogP contribution in [-0.2, 0) is 9.59 Å². The Morgan fingerprint density at radius 1 is 1.04 bits per heavy atom. The average molecular weight is 371 g/mol. The van der Waals surface area contributed by atoms with Gasteiger partial charge in [0.2, 0.25) is 11.8 Å². The van der Waals surface area contributed by atoms with E-state index < -0.39 is 6.04 Å². The van der Waals surface area contributed by atoms with E-state index in [0.29, 0.717) is 5.69 Å². The second kappa shape index (κ2) is 9.28. The normalized spacial score (nSPS) is 12.9. The van der Waals surface area contributed by atoms with Crippen LogP contribution in [0.5, 0.6) is 0 Å². The van der Waals surface area contributed by atoms with E-state index in [4.69, 9.17) is 0 Å². The van der Waals surface area contributed by atoms with E-state index in [1.165, 1.54) is 17.0 Å². The van der Waals surface area contributed by atoms with Gasteiger partial charge in [0.05, 0.1) is 12.6 Å². The SMILES string of the molecule is Cc1ccc(NC(=O)CN(C)C(=O)[C@@H](C)N[C@H](C)c2ccc(F)cc2)cc1. The number of hydrogen-bond acceptors (Lipinski definition) is 3. The van der Waals surface area contributed by atoms with Crippen molar-refractivity contribution in [3.8, 4) is 0 Å². The molecule has 0 saturated carbocycles. The van der Waals surface area contributed by atoms with Crippen molar-refractivity contribution < 1.29 is 14.0 Å². The summed E-state index contributed by atoms with van der Waals surface area (Å²) in [6, 6.07) is 13.0. The smallest absolute Gasteiger partial charge is 0.243 e. The summed E-state index contributed by atoms with van der Waals surface area (Å²) in [5.41, 5.74) is 2.69. The minimum atomic E-state index is -0.484. The Hall–Kier alpha value is -2.73. The number of amides is 2. The van der Waals surface area contributed by atoms with Crippen LogP contribution in [0, 0.1) is 12.7 Å². The third-order valence-corrected chi connectivity index (χ3v) is 4.33. The monoisotopic (exact) mass is 371 g/mol. The maximum absolute atomic E-state index is 13.0. The van der Waals surface area contributed by atoms with Crippen LogP contribution in [0.1, 0.15) is 31.0 Å². The number of anilines is 1. The summed E-state index contributed by atoms with van der Waals surface area (Å²) in [6.07, 6.45) is 0. The standard InChI is InChI=1S/C21H26FN3O2/c1-14-5-11-19(12-6-14)24-20(26)13-25(4)21(27)16(3)23-15(2)17-7-9-18(22)10-8-17/h5-12,15-16,23H,13H2,1-4H3,(H,24,26)/t15-,16-/m1/s1. The second-order valence-corrected chi connectivity index (χ2v) is 6.77. The topological polar surface area (TPSA) is 61.4 Å². The molecule has 0 aliphatic rings. The molecule has 0 aromatic heterocycles. The third-order valence-electron chi connectivity index (χ3n) is 4.33. The van der Waals surface area contributed by atoms with Crippen LogP contribution < -0.4 is 10.6 Å². The molecular formula is C21H26FN3O2. The highest BCUT2D eigenvalue weighted by atomic mass is 19.1. The largest absolute Gasteiger partial charge is 0.335 e. The molecule has 0 fully saturated rings. The van der Waals surface area contributed by atoms with Crippen molar-refractivity contribution in [3.05, 3.63) is 65.5 Å². The number of halogens is 1. The van der Waals surface area contributed by atoms with Gasteiger partial charge in [-0.3, -0.25) is 14.9 Å². The first-order valence-corrected chi connectivity index (χ1v) is 8.89. The van der Waals surface area contributed by atoms with Crippen LogP contribution in [0.2, 0.25) is 0 Å². The highest BCUT2D eigenvalue weighted by Crippen LogP contribution is 2.14. The minimum Gasteiger partial charge on any atom is -0.335 e. The van der Waals surface area contributed by atoms with Crippen molar-refractivity contribution in [2.45, 2.75) is 32.9 Å². The zero-order chi connectivity index (χ0) is 20.0. The van der Waals surface area contributed by atoms with E-state index in [9.17, 15) is 14.0 Å². The molecular weight excluding hydrogens is 345 g/mol. The molecule has 0 aliphatic heterocycles. The van der Waals surface area contributed by atoms with Gasteiger partial charge in [-0.05, 0) is 50.6 Å². The molecule has 2 aromatic carbocycles. The van der Waals surface area contributed by atoms with E-state index in [0.717, 1.165) is 11.1 Å². The van der Waals surface area contributed by atoms with E-state index in [2.05, 4.69) is 10.6 Å². The van der Waals surface area contributed by atoms with Crippen LogP contribution in [0.4, 0.5) is 10.1 Å². The molecule has 2 amide bonds. The lowest BCUT2D eigenvalue weighted by molar-refractivity contribution is -0.135. The van der Waals surface area contributed by atoms with Gasteiger partial charge in [0.25, 0.3) is 0 Å². The number of rotatable bonds is 7. The molecule has 0 aliphatic carbocycles. The van der Waals surface area contributed by atoms with E-state index in [-0.39, 0.29) is 30.2 Å². The number of hydrogen-bond donors (Lipinski definition) is 2. The Morgan fingerprint density at radius 3 is 2.22 bits per heavy atom. The first-order valence-electron chi connectivity index (χ1n) is 8.89. The summed E-state index contributed by atoms with van der Waals surface area (Å²) >= 11 is 0. The van der Waals surface area contributed by atoms with E-state index in [1.54, 1.807) is 26.1 Å². The number of likely N-dealkylation sites (N-methyl/N-ethyl adjacent to an activating group) is 1. The van der Waals surface area contributed by atoms with Crippen molar-refractivity contribution in [2.24, 2.45) is 0 Å². The maximum Gasteiger partial charge on any atom is 0.243 e. The van der Waals surface area contributed by atoms with Crippen LogP contribution in [0.25, 0.3) is 0 Å². The summed E-state index contributed by atoms with van der Waals surface area (Å²) in [5, 5.41) is 5.96. The molecule has 2 aromatic rings. The van der Waals surface area contributed by atoms with Gasteiger partial charge in [-0.25, -0.2) is 4.39 Å². The van der Waals surface area contributed by atoms with E-state index in [1.807, 2.05) is 38.1 Å². The Labute approximate surface area is 159 Å². The Morgan fingerprint density at radius 2 is 1.63 bits per heavy atom. The minimum absolute atomic E-state index is 0.0380. The van der Waals surface area contributed by atoms with Crippen molar-refractivity contribution in [1.29, 1.82) is 0 Å². The van der Waals surface area contributed by atoms with Crippen LogP contribution in [0.3, 0.4) is 0 Å². The molecule has 0 saturated heterocycles. The van der Waals surface area contributed by atoms with Crippen LogP contribution in [0.15, 0.2) is 48.5 Å². The fourth-order valence-electron chi connectivity index (χ4n) is 2.76. The Kier molecular flexibility index (Phi) is 7.07. The summed E-state index contributed by atoms with van der Waals surface area (Å²) in [7, 11) is 1.60. The molecule has 0 spiro atoms. The van der Waals surface area contributed by atoms with Gasteiger partial charge in [0.15, 0.2) is 0 Å². The number of aryl methyl sites for hydroxylation is 1. The van der Waals surface area contributed by atoms with Crippen molar-refractivity contribution in [1.82, 2.24) is 10.2 Å². The predicted octanol–water partition coefficient (Wildman–Crippen LogP) is 3.27. The molecule has 2 N–H and O–H groups in total. The third kappa shape index (κ3) is 6.18. The average Bonchev–Trinajstić information content (AvgIpc) is 2.63. The molecule has 144 valence electrons. The number of nitrogens with zero attached hydrogens (tertiary/aromatic N) is 1. The Bertz CT molecular complexity index is 775. The number of nitrogens with one attached hydrogen (secondary N) is 2. The molecule has 27 heavy (non-hydrogen) atoms. The molecule has 0 radical (unpaired) electrons. The molecule has 2 rings (SSSR count). The van der Waals surface area contributed by atoms with E-state index >= 15 is 0 Å². The number of carbonyl (C=O) groups is 2. The summed E-state index contributed by atoms with van der Waals surface area (Å²) in [6.45, 7) is 5.58. The predicted molar refractivity (Wildman–Crippen MR) is 105 cm³/mol. The van der Waals surface area contributed by atoms with Gasteiger partial charge in [-0.15, -0.1) is 0 Å². The molecule has 0 unspecified atom stereocenters. The van der Waals surface area contributed by atoms with Gasteiger partial charge >= 0.3 is 0 Å². The maximum atomic E-state index is 13.0. The second-order valence-electron chi connectivity index (χ2n) is 6.77. The molecule has 2 atom stereocenters. The van der Waals surface area contributed by atoms with Crippen LogP contribution in [-0.4, -0.2) is 36.3 Å². The lowest BCUT2D eigenvalue weighted by Crippen LogP contribution is -2.46. The van der Waals surface area contributed by atoms with Crippen molar-refractivity contribution in [2.75, 3.05) is 18.9 Å². The zero-order valence-corrected chi connectivity index (χ0v) is 16.1. The van der Waals surface area contributed by atoms with Gasteiger partial charge in [0, 0.05) is 18.8 Å². The quantitative estimate of drug-likeness (QED) is 0.785. The zero-order valence-electron chi connectivity index (χ0n) is 16.1. The number of benzene rings is 2. The summed E-state index contributed by atoms with van der Waals surface area (Å²) in [4.78, 5) is 26.1. The summed E-state index contributed by atoms with van der Waals surface area (Å²) < 4.78 is 13.0. The van der Waals surface area contributed by atoms with Crippen molar-refractivity contribution >= 4 is 17.5 Å². The highest BCUT2D eigenvalue weighted by molar-refractivity contribution is 5.95. The lowest BCUT2D eigenvalue weighted by Gasteiger charge is -2.24. The molecule has 0 heterocycles. The van der Waals surface area contributed by atoms with Crippen molar-refractivity contribution in [3.63, 3.8) is 0 Å². The number of carbonyl (C=O) groups excluding carboxylic acids is 2. The highest BCUT2D eigenvalue weighted by Gasteiger charge is 2.21. The fraction of sp³-hybridized carbons (Fsp3) is 0.333. The molecule has 6 heteroatoms. The molecule has 0 bridgehead atoms. The summed E-state index contributed by atoms with van der Waals surface area (Å²) in [5.74, 6) is -0.745. The first-order chi connectivity index (χ1) is 12.8. The fourth-order valence-corrected chi connectivity index (χ4v) is 2.76. The lowest BCUT2D eigenvalue weighted by atomic mass is 10.1. The van der Waals surface area contributed by atoms with Gasteiger partial charge in [-0.2, -0.15) is 0 Å². The van der Waals surface area contributed by atoms with Gasteiger partial charge < -0.3 is 10.2 Å². The first kappa shape index (κ1) is 20.6.